The molecule has 2 aromatic rings. The van der Waals surface area contributed by atoms with Gasteiger partial charge in [0.1, 0.15) is 5.75 Å². The third-order valence-electron chi connectivity index (χ3n) is 2.81. The van der Waals surface area contributed by atoms with Crippen LogP contribution in [0.25, 0.3) is 0 Å². The van der Waals surface area contributed by atoms with E-state index in [-0.39, 0.29) is 5.78 Å². The fraction of sp³-hybridized carbons (Fsp3) is 0.188. The van der Waals surface area contributed by atoms with Gasteiger partial charge in [0, 0.05) is 16.8 Å². The summed E-state index contributed by atoms with van der Waals surface area (Å²) in [6.07, 6.45) is 0.918. The number of anilines is 1. The van der Waals surface area contributed by atoms with E-state index in [9.17, 15) is 4.79 Å². The maximum absolute atomic E-state index is 12.4. The summed E-state index contributed by atoms with van der Waals surface area (Å²) < 4.78 is 5.48. The van der Waals surface area contributed by atoms with Crippen molar-refractivity contribution in [2.45, 2.75) is 13.3 Å². The highest BCUT2D eigenvalue weighted by Gasteiger charge is 2.13. The molecular weight excluding hydrogens is 274 g/mol. The molecule has 2 aromatic carbocycles. The molecule has 0 aliphatic heterocycles. The van der Waals surface area contributed by atoms with Crippen LogP contribution in [0.5, 0.6) is 5.75 Å². The maximum Gasteiger partial charge on any atom is 0.194 e. The number of nitrogen functional groups attached to an aromatic ring is 1. The van der Waals surface area contributed by atoms with Crippen LogP contribution < -0.4 is 10.5 Å². The molecule has 4 heteroatoms. The molecule has 104 valence electrons. The summed E-state index contributed by atoms with van der Waals surface area (Å²) in [7, 11) is 0. The molecule has 2 N–H and O–H groups in total. The Kier molecular flexibility index (Phi) is 4.64. The molecule has 0 radical (unpaired) electrons. The second kappa shape index (κ2) is 6.44. The third-order valence-corrected chi connectivity index (χ3v) is 3.12. The number of ketones is 1. The molecule has 3 nitrogen and oxygen atoms in total. The van der Waals surface area contributed by atoms with Gasteiger partial charge in [0.25, 0.3) is 0 Å². The molecule has 0 bridgehead atoms. The average molecular weight is 290 g/mol. The monoisotopic (exact) mass is 289 g/mol. The lowest BCUT2D eigenvalue weighted by molar-refractivity contribution is 0.103. The van der Waals surface area contributed by atoms with Crippen molar-refractivity contribution < 1.29 is 9.53 Å². The molecule has 0 atom stereocenters. The van der Waals surface area contributed by atoms with E-state index in [0.29, 0.717) is 34.2 Å². The Morgan fingerprint density at radius 1 is 1.25 bits per heavy atom. The van der Waals surface area contributed by atoms with Crippen LogP contribution in [-0.4, -0.2) is 12.4 Å². The van der Waals surface area contributed by atoms with Crippen LogP contribution >= 0.6 is 11.6 Å². The van der Waals surface area contributed by atoms with Gasteiger partial charge < -0.3 is 10.5 Å². The molecule has 0 saturated carbocycles. The summed E-state index contributed by atoms with van der Waals surface area (Å²) in [6, 6.07) is 11.9. The number of nitrogens with two attached hydrogens (primary N) is 1. The van der Waals surface area contributed by atoms with E-state index in [2.05, 4.69) is 0 Å². The maximum atomic E-state index is 12.4. The van der Waals surface area contributed by atoms with Gasteiger partial charge in [0.15, 0.2) is 5.78 Å². The zero-order chi connectivity index (χ0) is 14.5. The molecule has 0 heterocycles. The van der Waals surface area contributed by atoms with Gasteiger partial charge in [0.05, 0.1) is 11.6 Å². The Morgan fingerprint density at radius 2 is 2.05 bits per heavy atom. The van der Waals surface area contributed by atoms with E-state index < -0.39 is 0 Å². The van der Waals surface area contributed by atoms with Gasteiger partial charge in [-0.15, -0.1) is 0 Å². The van der Waals surface area contributed by atoms with E-state index in [0.717, 1.165) is 6.42 Å². The highest BCUT2D eigenvalue weighted by atomic mass is 35.5. The molecule has 0 aliphatic carbocycles. The van der Waals surface area contributed by atoms with E-state index in [1.165, 1.54) is 0 Å². The van der Waals surface area contributed by atoms with Crippen molar-refractivity contribution in [1.82, 2.24) is 0 Å². The quantitative estimate of drug-likeness (QED) is 0.670. The van der Waals surface area contributed by atoms with Crippen molar-refractivity contribution in [3.63, 3.8) is 0 Å². The zero-order valence-corrected chi connectivity index (χ0v) is 12.0. The van der Waals surface area contributed by atoms with Crippen molar-refractivity contribution in [3.8, 4) is 5.75 Å². The summed E-state index contributed by atoms with van der Waals surface area (Å²) in [5.74, 6) is 0.519. The van der Waals surface area contributed by atoms with Gasteiger partial charge in [0.2, 0.25) is 0 Å². The molecule has 2 rings (SSSR count). The predicted octanol–water partition coefficient (Wildman–Crippen LogP) is 3.94. The molecule has 0 spiro atoms. The van der Waals surface area contributed by atoms with Gasteiger partial charge in [-0.25, -0.2) is 0 Å². The average Bonchev–Trinajstić information content (AvgIpc) is 2.44. The Morgan fingerprint density at radius 3 is 2.70 bits per heavy atom. The van der Waals surface area contributed by atoms with Crippen molar-refractivity contribution in [3.05, 3.63) is 58.6 Å². The van der Waals surface area contributed by atoms with Crippen molar-refractivity contribution >= 4 is 23.1 Å². The minimum absolute atomic E-state index is 0.149. The van der Waals surface area contributed by atoms with Gasteiger partial charge in [-0.05, 0) is 36.8 Å². The second-order valence-corrected chi connectivity index (χ2v) is 4.85. The first-order chi connectivity index (χ1) is 9.61. The number of rotatable bonds is 5. The summed E-state index contributed by atoms with van der Waals surface area (Å²) in [4.78, 5) is 12.4. The summed E-state index contributed by atoms with van der Waals surface area (Å²) in [5, 5.41) is 0.381. The SMILES string of the molecule is CCCOc1ccc(C(=O)c2cccc(N)c2)c(Cl)c1. The first-order valence-electron chi connectivity index (χ1n) is 6.44. The van der Waals surface area contributed by atoms with Crippen LogP contribution in [0.1, 0.15) is 29.3 Å². The summed E-state index contributed by atoms with van der Waals surface area (Å²) >= 11 is 6.16. The first-order valence-corrected chi connectivity index (χ1v) is 6.82. The molecule has 0 aliphatic rings. The number of benzene rings is 2. The number of ether oxygens (including phenoxy) is 1. The Bertz CT molecular complexity index is 626. The molecule has 0 saturated heterocycles. The van der Waals surface area contributed by atoms with E-state index in [4.69, 9.17) is 22.1 Å². The number of hydrogen-bond acceptors (Lipinski definition) is 3. The first kappa shape index (κ1) is 14.4. The van der Waals surface area contributed by atoms with Crippen LogP contribution in [0.4, 0.5) is 5.69 Å². The minimum Gasteiger partial charge on any atom is -0.494 e. The minimum atomic E-state index is -0.149. The normalized spacial score (nSPS) is 10.3. The number of halogens is 1. The number of hydrogen-bond donors (Lipinski definition) is 1. The van der Waals surface area contributed by atoms with Crippen molar-refractivity contribution in [1.29, 1.82) is 0 Å². The Labute approximate surface area is 123 Å². The molecule has 0 fully saturated rings. The van der Waals surface area contributed by atoms with Crippen LogP contribution in [0.2, 0.25) is 5.02 Å². The van der Waals surface area contributed by atoms with Crippen LogP contribution in [0.15, 0.2) is 42.5 Å². The lowest BCUT2D eigenvalue weighted by Crippen LogP contribution is -2.03. The van der Waals surface area contributed by atoms with Gasteiger partial charge in [-0.3, -0.25) is 4.79 Å². The van der Waals surface area contributed by atoms with Crippen LogP contribution in [-0.2, 0) is 0 Å². The molecule has 0 aromatic heterocycles. The smallest absolute Gasteiger partial charge is 0.194 e. The highest BCUT2D eigenvalue weighted by molar-refractivity contribution is 6.35. The van der Waals surface area contributed by atoms with Gasteiger partial charge in [-0.2, -0.15) is 0 Å². The summed E-state index contributed by atoms with van der Waals surface area (Å²) in [5.41, 5.74) is 7.20. The molecular formula is C16H16ClNO2. The number of carbonyl (C=O) groups excluding carboxylic acids is 1. The fourth-order valence-electron chi connectivity index (χ4n) is 1.83. The lowest BCUT2D eigenvalue weighted by atomic mass is 10.0. The largest absolute Gasteiger partial charge is 0.494 e. The predicted molar refractivity (Wildman–Crippen MR) is 81.5 cm³/mol. The topological polar surface area (TPSA) is 52.3 Å². The second-order valence-electron chi connectivity index (χ2n) is 4.44. The molecule has 0 unspecified atom stereocenters. The third kappa shape index (κ3) is 3.31. The van der Waals surface area contributed by atoms with E-state index in [1.54, 1.807) is 42.5 Å². The highest BCUT2D eigenvalue weighted by Crippen LogP contribution is 2.25. The zero-order valence-electron chi connectivity index (χ0n) is 11.2. The Hall–Kier alpha value is -2.00. The van der Waals surface area contributed by atoms with Gasteiger partial charge >= 0.3 is 0 Å². The van der Waals surface area contributed by atoms with Crippen LogP contribution in [0, 0.1) is 0 Å². The Balaban J connectivity index is 2.26. The molecule has 20 heavy (non-hydrogen) atoms. The van der Waals surface area contributed by atoms with Crippen molar-refractivity contribution in [2.24, 2.45) is 0 Å². The summed E-state index contributed by atoms with van der Waals surface area (Å²) in [6.45, 7) is 2.65. The fourth-order valence-corrected chi connectivity index (χ4v) is 2.08. The standard InChI is InChI=1S/C16H16ClNO2/c1-2-8-20-13-6-7-14(15(17)10-13)16(19)11-4-3-5-12(18)9-11/h3-7,9-10H,2,8,18H2,1H3. The lowest BCUT2D eigenvalue weighted by Gasteiger charge is -2.08. The van der Waals surface area contributed by atoms with E-state index in [1.807, 2.05) is 6.92 Å². The van der Waals surface area contributed by atoms with Crippen molar-refractivity contribution in [2.75, 3.05) is 12.3 Å². The van der Waals surface area contributed by atoms with Gasteiger partial charge in [-0.1, -0.05) is 30.7 Å². The van der Waals surface area contributed by atoms with Crippen LogP contribution in [0.3, 0.4) is 0 Å². The van der Waals surface area contributed by atoms with E-state index >= 15 is 0 Å². The number of carbonyl (C=O) groups is 1. The molecule has 0 amide bonds.